The SMILES string of the molecule is C=C1C(=O)O[C@@H]2/C=C(\C)CC/C=C(\C)C[C@@H](OC(=O)/C(=C/CO)CO)[C@H]12. The molecule has 142 valence electrons. The maximum atomic E-state index is 12.4. The molecule has 0 bridgehead atoms. The van der Waals surface area contributed by atoms with Gasteiger partial charge in [0.2, 0.25) is 0 Å². The minimum atomic E-state index is -0.719. The lowest BCUT2D eigenvalue weighted by Gasteiger charge is -2.27. The van der Waals surface area contributed by atoms with E-state index >= 15 is 0 Å². The number of rotatable bonds is 4. The van der Waals surface area contributed by atoms with Crippen LogP contribution in [0.15, 0.2) is 47.1 Å². The van der Waals surface area contributed by atoms with Gasteiger partial charge in [0.05, 0.1) is 24.7 Å². The van der Waals surface area contributed by atoms with E-state index < -0.39 is 36.7 Å². The summed E-state index contributed by atoms with van der Waals surface area (Å²) in [7, 11) is 0. The van der Waals surface area contributed by atoms with E-state index in [0.717, 1.165) is 24.0 Å². The molecule has 0 aromatic rings. The zero-order valence-corrected chi connectivity index (χ0v) is 15.2. The van der Waals surface area contributed by atoms with Gasteiger partial charge in [0.15, 0.2) is 0 Å². The van der Waals surface area contributed by atoms with E-state index in [1.165, 1.54) is 6.08 Å². The van der Waals surface area contributed by atoms with Crippen molar-refractivity contribution in [3.8, 4) is 0 Å². The number of aliphatic hydroxyl groups is 2. The number of aliphatic hydroxyl groups excluding tert-OH is 2. The Morgan fingerprint density at radius 1 is 1.38 bits per heavy atom. The Morgan fingerprint density at radius 2 is 2.12 bits per heavy atom. The van der Waals surface area contributed by atoms with Gasteiger partial charge in [-0.2, -0.15) is 0 Å². The van der Waals surface area contributed by atoms with Crippen molar-refractivity contribution in [1.29, 1.82) is 0 Å². The van der Waals surface area contributed by atoms with Crippen molar-refractivity contribution in [3.63, 3.8) is 0 Å². The van der Waals surface area contributed by atoms with Crippen LogP contribution >= 0.6 is 0 Å². The van der Waals surface area contributed by atoms with E-state index in [4.69, 9.17) is 14.6 Å². The first-order valence-corrected chi connectivity index (χ1v) is 8.71. The Kier molecular flexibility index (Phi) is 6.94. The summed E-state index contributed by atoms with van der Waals surface area (Å²) in [6, 6.07) is 0. The molecule has 6 heteroatoms. The van der Waals surface area contributed by atoms with Gasteiger partial charge in [-0.3, -0.25) is 0 Å². The lowest BCUT2D eigenvalue weighted by molar-refractivity contribution is -0.147. The monoisotopic (exact) mass is 362 g/mol. The summed E-state index contributed by atoms with van der Waals surface area (Å²) in [6.45, 7) is 6.85. The van der Waals surface area contributed by atoms with Crippen molar-refractivity contribution in [2.45, 2.75) is 45.3 Å². The van der Waals surface area contributed by atoms with Crippen molar-refractivity contribution in [3.05, 3.63) is 47.1 Å². The van der Waals surface area contributed by atoms with Gasteiger partial charge in [0.25, 0.3) is 0 Å². The minimum absolute atomic E-state index is 0.0228. The fraction of sp³-hybridized carbons (Fsp3) is 0.500. The predicted molar refractivity (Wildman–Crippen MR) is 96.0 cm³/mol. The van der Waals surface area contributed by atoms with Crippen molar-refractivity contribution < 1.29 is 29.3 Å². The molecule has 1 fully saturated rings. The summed E-state index contributed by atoms with van der Waals surface area (Å²) < 4.78 is 11.1. The van der Waals surface area contributed by atoms with Gasteiger partial charge in [-0.15, -0.1) is 0 Å². The van der Waals surface area contributed by atoms with Crippen LogP contribution in [0.3, 0.4) is 0 Å². The molecule has 3 atom stereocenters. The fourth-order valence-corrected chi connectivity index (χ4v) is 3.27. The molecule has 0 unspecified atom stereocenters. The van der Waals surface area contributed by atoms with Crippen molar-refractivity contribution in [2.75, 3.05) is 13.2 Å². The normalized spacial score (nSPS) is 31.2. The van der Waals surface area contributed by atoms with Gasteiger partial charge in [-0.25, -0.2) is 9.59 Å². The van der Waals surface area contributed by atoms with Crippen molar-refractivity contribution in [2.24, 2.45) is 5.92 Å². The number of hydrogen-bond acceptors (Lipinski definition) is 6. The average Bonchev–Trinajstić information content (AvgIpc) is 2.85. The van der Waals surface area contributed by atoms with Crippen LogP contribution in [0.2, 0.25) is 0 Å². The topological polar surface area (TPSA) is 93.1 Å². The molecule has 1 heterocycles. The Bertz CT molecular complexity index is 670. The Hall–Kier alpha value is -2.18. The second-order valence-corrected chi connectivity index (χ2v) is 6.74. The molecule has 2 aliphatic rings. The van der Waals surface area contributed by atoms with Crippen LogP contribution in [0, 0.1) is 5.92 Å². The van der Waals surface area contributed by atoms with E-state index in [1.807, 2.05) is 19.9 Å². The van der Waals surface area contributed by atoms with Crippen molar-refractivity contribution >= 4 is 11.9 Å². The van der Waals surface area contributed by atoms with Crippen LogP contribution in [0.1, 0.15) is 33.1 Å². The molecule has 6 nitrogen and oxygen atoms in total. The third-order valence-electron chi connectivity index (χ3n) is 4.69. The Labute approximate surface area is 153 Å². The number of allylic oxidation sites excluding steroid dienone is 2. The lowest BCUT2D eigenvalue weighted by atomic mass is 9.85. The summed E-state index contributed by atoms with van der Waals surface area (Å²) in [6.07, 6.45) is 6.17. The van der Waals surface area contributed by atoms with Crippen LogP contribution in [-0.2, 0) is 19.1 Å². The van der Waals surface area contributed by atoms with Crippen LogP contribution in [0.5, 0.6) is 0 Å². The molecule has 0 amide bonds. The van der Waals surface area contributed by atoms with Gasteiger partial charge in [0.1, 0.15) is 12.2 Å². The third kappa shape index (κ3) is 4.71. The van der Waals surface area contributed by atoms with Gasteiger partial charge < -0.3 is 19.7 Å². The number of ether oxygens (including phenoxy) is 2. The maximum Gasteiger partial charge on any atom is 0.336 e. The predicted octanol–water partition coefficient (Wildman–Crippen LogP) is 1.98. The number of fused-ring (bicyclic) bond motifs is 1. The molecule has 0 aromatic heterocycles. The average molecular weight is 362 g/mol. The molecule has 0 spiro atoms. The first-order valence-electron chi connectivity index (χ1n) is 8.71. The smallest absolute Gasteiger partial charge is 0.336 e. The van der Waals surface area contributed by atoms with E-state index in [0.29, 0.717) is 6.42 Å². The van der Waals surface area contributed by atoms with E-state index in [1.54, 1.807) is 0 Å². The molecule has 1 aliphatic heterocycles. The summed E-state index contributed by atoms with van der Waals surface area (Å²) in [5.74, 6) is -1.70. The zero-order chi connectivity index (χ0) is 19.3. The Morgan fingerprint density at radius 3 is 2.77 bits per heavy atom. The summed E-state index contributed by atoms with van der Waals surface area (Å²) in [5.41, 5.74) is 2.39. The van der Waals surface area contributed by atoms with Crippen molar-refractivity contribution in [1.82, 2.24) is 0 Å². The van der Waals surface area contributed by atoms with E-state index in [9.17, 15) is 14.7 Å². The van der Waals surface area contributed by atoms with Crippen LogP contribution in [0.4, 0.5) is 0 Å². The first kappa shape index (κ1) is 20.1. The van der Waals surface area contributed by atoms with Gasteiger partial charge in [-0.1, -0.05) is 23.8 Å². The second-order valence-electron chi connectivity index (χ2n) is 6.74. The Balaban J connectivity index is 2.36. The molecular formula is C20H26O6. The molecule has 0 radical (unpaired) electrons. The number of carbonyl (C=O) groups is 2. The van der Waals surface area contributed by atoms with Gasteiger partial charge in [0, 0.05) is 12.0 Å². The number of esters is 2. The molecule has 1 aliphatic carbocycles. The highest BCUT2D eigenvalue weighted by atomic mass is 16.6. The maximum absolute atomic E-state index is 12.4. The molecular weight excluding hydrogens is 336 g/mol. The summed E-state index contributed by atoms with van der Waals surface area (Å²) in [4.78, 5) is 24.4. The fourth-order valence-electron chi connectivity index (χ4n) is 3.27. The standard InChI is InChI=1S/C20H26O6/c1-12-5-4-6-13(2)10-17(26-20(24)15(11-22)7-8-21)18-14(3)19(23)25-16(18)9-12/h6-7,9,16-18,21-22H,3-5,8,10-11H2,1-2H3/b12-9+,13-6+,15-7+/t16-,17-,18-/m1/s1. The van der Waals surface area contributed by atoms with Gasteiger partial charge >= 0.3 is 11.9 Å². The van der Waals surface area contributed by atoms with E-state index in [2.05, 4.69) is 12.7 Å². The zero-order valence-electron chi connectivity index (χ0n) is 15.2. The quantitative estimate of drug-likeness (QED) is 0.451. The lowest BCUT2D eigenvalue weighted by Crippen LogP contribution is -2.34. The molecule has 2 rings (SSSR count). The van der Waals surface area contributed by atoms with Crippen LogP contribution in [0.25, 0.3) is 0 Å². The van der Waals surface area contributed by atoms with Crippen LogP contribution < -0.4 is 0 Å². The molecule has 0 saturated carbocycles. The number of hydrogen-bond donors (Lipinski definition) is 2. The summed E-state index contributed by atoms with van der Waals surface area (Å²) >= 11 is 0. The first-order chi connectivity index (χ1) is 12.4. The molecule has 2 N–H and O–H groups in total. The summed E-state index contributed by atoms with van der Waals surface area (Å²) in [5, 5.41) is 18.3. The third-order valence-corrected chi connectivity index (χ3v) is 4.69. The highest BCUT2D eigenvalue weighted by Crippen LogP contribution is 2.36. The van der Waals surface area contributed by atoms with Gasteiger partial charge in [-0.05, 0) is 38.8 Å². The second kappa shape index (κ2) is 8.96. The minimum Gasteiger partial charge on any atom is -0.458 e. The molecule has 0 aromatic carbocycles. The van der Waals surface area contributed by atoms with Crippen LogP contribution in [-0.4, -0.2) is 47.6 Å². The molecule has 26 heavy (non-hydrogen) atoms. The van der Waals surface area contributed by atoms with E-state index in [-0.39, 0.29) is 17.8 Å². The largest absolute Gasteiger partial charge is 0.458 e. The highest BCUT2D eigenvalue weighted by molar-refractivity contribution is 5.92. The highest BCUT2D eigenvalue weighted by Gasteiger charge is 2.44. The number of carbonyl (C=O) groups excluding carboxylic acids is 2. The molecule has 1 saturated heterocycles.